The zero-order valence-electron chi connectivity index (χ0n) is 23.2. The number of rotatable bonds is 8. The third-order valence-corrected chi connectivity index (χ3v) is 10.3. The fourth-order valence-corrected chi connectivity index (χ4v) is 7.47. The third kappa shape index (κ3) is 7.28. The second-order valence-electron chi connectivity index (χ2n) is 11.1. The van der Waals surface area contributed by atoms with Gasteiger partial charge in [0.15, 0.2) is 10.4 Å². The summed E-state index contributed by atoms with van der Waals surface area (Å²) in [4.78, 5) is 30.3. The van der Waals surface area contributed by atoms with Gasteiger partial charge in [0.2, 0.25) is 15.9 Å². The Morgan fingerprint density at radius 2 is 1.46 bits per heavy atom. The molecule has 2 aromatic carbocycles. The minimum absolute atomic E-state index is 0.0767. The van der Waals surface area contributed by atoms with Crippen molar-refractivity contribution in [2.75, 3.05) is 26.2 Å². The quantitative estimate of drug-likeness (QED) is 0.372. The van der Waals surface area contributed by atoms with Crippen LogP contribution in [0.5, 0.6) is 0 Å². The summed E-state index contributed by atoms with van der Waals surface area (Å²) in [7, 11) is -3.88. The molecule has 41 heavy (non-hydrogen) atoms. The van der Waals surface area contributed by atoms with Crippen LogP contribution in [-0.4, -0.2) is 62.3 Å². The summed E-state index contributed by atoms with van der Waals surface area (Å²) in [6.07, 6.45) is 3.89. The number of benzene rings is 2. The van der Waals surface area contributed by atoms with E-state index in [4.69, 9.17) is 4.42 Å². The van der Waals surface area contributed by atoms with Crippen LogP contribution >= 0.6 is 15.9 Å². The summed E-state index contributed by atoms with van der Waals surface area (Å²) < 4.78 is 35.2. The number of hydrogen-bond acceptors (Lipinski definition) is 5. The molecule has 3 heterocycles. The van der Waals surface area contributed by atoms with Crippen LogP contribution in [0.15, 0.2) is 80.7 Å². The Balaban J connectivity index is 1.19. The van der Waals surface area contributed by atoms with Crippen molar-refractivity contribution in [1.29, 1.82) is 0 Å². The average molecular weight is 643 g/mol. The lowest BCUT2D eigenvalue weighted by molar-refractivity contribution is -0.134. The lowest BCUT2D eigenvalue weighted by Gasteiger charge is -2.40. The van der Waals surface area contributed by atoms with Crippen molar-refractivity contribution < 1.29 is 22.4 Å². The van der Waals surface area contributed by atoms with Crippen LogP contribution in [0.3, 0.4) is 0 Å². The van der Waals surface area contributed by atoms with Crippen molar-refractivity contribution in [3.05, 3.63) is 88.3 Å². The maximum absolute atomic E-state index is 13.7. The Bertz CT molecular complexity index is 1440. The van der Waals surface area contributed by atoms with E-state index in [0.29, 0.717) is 48.4 Å². The maximum atomic E-state index is 13.7. The van der Waals surface area contributed by atoms with Gasteiger partial charge in [-0.2, -0.15) is 4.72 Å². The van der Waals surface area contributed by atoms with Crippen molar-refractivity contribution in [2.24, 2.45) is 11.8 Å². The van der Waals surface area contributed by atoms with Crippen LogP contribution in [0, 0.1) is 18.8 Å². The first-order valence-corrected chi connectivity index (χ1v) is 16.4. The van der Waals surface area contributed by atoms with Crippen molar-refractivity contribution in [3.63, 3.8) is 0 Å². The molecule has 2 aliphatic rings. The van der Waals surface area contributed by atoms with E-state index in [1.807, 2.05) is 47.1 Å². The zero-order valence-corrected chi connectivity index (χ0v) is 25.6. The molecular weight excluding hydrogens is 606 g/mol. The van der Waals surface area contributed by atoms with E-state index in [2.05, 4.69) is 20.7 Å². The van der Waals surface area contributed by atoms with Gasteiger partial charge in [0.05, 0.1) is 4.90 Å². The molecule has 3 aromatic rings. The van der Waals surface area contributed by atoms with Crippen LogP contribution in [0.2, 0.25) is 0 Å². The number of amides is 2. The van der Waals surface area contributed by atoms with Gasteiger partial charge in [0, 0.05) is 26.2 Å². The smallest absolute Gasteiger partial charge is 0.289 e. The number of nitrogens with zero attached hydrogens (tertiary/aromatic N) is 2. The normalized spacial score (nSPS) is 17.9. The van der Waals surface area contributed by atoms with Gasteiger partial charge in [-0.1, -0.05) is 48.0 Å². The summed E-state index contributed by atoms with van der Waals surface area (Å²) in [6, 6.07) is 18.7. The van der Waals surface area contributed by atoms with Gasteiger partial charge in [0.25, 0.3) is 5.91 Å². The van der Waals surface area contributed by atoms with E-state index < -0.39 is 16.1 Å². The zero-order chi connectivity index (χ0) is 29.0. The van der Waals surface area contributed by atoms with E-state index >= 15 is 0 Å². The van der Waals surface area contributed by atoms with Crippen LogP contribution < -0.4 is 4.72 Å². The highest BCUT2D eigenvalue weighted by Gasteiger charge is 2.35. The van der Waals surface area contributed by atoms with E-state index in [1.54, 1.807) is 36.4 Å². The fourth-order valence-electron chi connectivity index (χ4n) is 5.97. The molecule has 0 radical (unpaired) electrons. The van der Waals surface area contributed by atoms with Crippen LogP contribution in [0.25, 0.3) is 0 Å². The first-order valence-electron chi connectivity index (χ1n) is 14.2. The standard InChI is InChI=1S/C31H36BrN3O5S/c1-22-7-9-26(10-8-22)41(38,39)33-27(21-23-5-3-2-4-6-23)30(36)34-17-13-24(14-18-34)25-15-19-35(20-16-25)31(37)28-11-12-29(32)40-28/h2-12,24-25,27,33H,13-21H2,1H3. The Morgan fingerprint density at radius 1 is 0.878 bits per heavy atom. The van der Waals surface area contributed by atoms with Crippen molar-refractivity contribution in [3.8, 4) is 0 Å². The predicted molar refractivity (Wildman–Crippen MR) is 160 cm³/mol. The highest BCUT2D eigenvalue weighted by molar-refractivity contribution is 9.10. The lowest BCUT2D eigenvalue weighted by atomic mass is 9.78. The number of furan rings is 1. The molecule has 2 amide bonds. The van der Waals surface area contributed by atoms with Gasteiger partial charge in [-0.05, 0) is 96.6 Å². The number of carbonyl (C=O) groups is 2. The largest absolute Gasteiger partial charge is 0.444 e. The lowest BCUT2D eigenvalue weighted by Crippen LogP contribution is -2.52. The molecule has 2 aliphatic heterocycles. The van der Waals surface area contributed by atoms with Crippen LogP contribution in [0.4, 0.5) is 0 Å². The summed E-state index contributed by atoms with van der Waals surface area (Å²) in [5.41, 5.74) is 1.86. The first kappa shape index (κ1) is 29.5. The van der Waals surface area contributed by atoms with Gasteiger partial charge in [-0.15, -0.1) is 0 Å². The minimum atomic E-state index is -3.88. The summed E-state index contributed by atoms with van der Waals surface area (Å²) in [6.45, 7) is 4.49. The molecule has 2 saturated heterocycles. The molecular formula is C31H36BrN3O5S. The average Bonchev–Trinajstić information content (AvgIpc) is 3.43. The summed E-state index contributed by atoms with van der Waals surface area (Å²) in [5, 5.41) is 0. The van der Waals surface area contributed by atoms with Crippen molar-refractivity contribution >= 4 is 37.8 Å². The molecule has 0 spiro atoms. The highest BCUT2D eigenvalue weighted by atomic mass is 79.9. The Kier molecular flexibility index (Phi) is 9.31. The Morgan fingerprint density at radius 3 is 2.02 bits per heavy atom. The molecule has 218 valence electrons. The van der Waals surface area contributed by atoms with E-state index in [-0.39, 0.29) is 23.1 Å². The first-order chi connectivity index (χ1) is 19.7. The summed E-state index contributed by atoms with van der Waals surface area (Å²) >= 11 is 3.25. The molecule has 1 aromatic heterocycles. The van der Waals surface area contributed by atoms with Gasteiger partial charge in [-0.3, -0.25) is 9.59 Å². The monoisotopic (exact) mass is 641 g/mol. The number of nitrogens with one attached hydrogen (secondary N) is 1. The molecule has 0 aliphatic carbocycles. The number of hydrogen-bond donors (Lipinski definition) is 1. The molecule has 1 unspecified atom stereocenters. The third-order valence-electron chi connectivity index (χ3n) is 8.34. The SMILES string of the molecule is Cc1ccc(S(=O)(=O)NC(Cc2ccccc2)C(=O)N2CCC(C3CCN(C(=O)c4ccc(Br)o4)CC3)CC2)cc1. The van der Waals surface area contributed by atoms with Gasteiger partial charge >= 0.3 is 0 Å². The van der Waals surface area contributed by atoms with Gasteiger partial charge in [0.1, 0.15) is 6.04 Å². The van der Waals surface area contributed by atoms with Crippen LogP contribution in [-0.2, 0) is 21.2 Å². The molecule has 0 saturated carbocycles. The molecule has 5 rings (SSSR count). The molecule has 1 N–H and O–H groups in total. The van der Waals surface area contributed by atoms with E-state index in [0.717, 1.165) is 36.8 Å². The Labute approximate surface area is 250 Å². The molecule has 2 fully saturated rings. The number of piperidine rings is 2. The molecule has 0 bridgehead atoms. The van der Waals surface area contributed by atoms with Crippen molar-refractivity contribution in [1.82, 2.24) is 14.5 Å². The minimum Gasteiger partial charge on any atom is -0.444 e. The highest BCUT2D eigenvalue weighted by Crippen LogP contribution is 2.33. The van der Waals surface area contributed by atoms with E-state index in [9.17, 15) is 18.0 Å². The number of halogens is 1. The maximum Gasteiger partial charge on any atom is 0.289 e. The summed E-state index contributed by atoms with van der Waals surface area (Å²) in [5.74, 6) is 1.07. The number of sulfonamides is 1. The number of likely N-dealkylation sites (tertiary alicyclic amines) is 2. The van der Waals surface area contributed by atoms with Gasteiger partial charge in [-0.25, -0.2) is 8.42 Å². The molecule has 1 atom stereocenters. The van der Waals surface area contributed by atoms with Crippen LogP contribution in [0.1, 0.15) is 47.4 Å². The molecule has 10 heteroatoms. The topological polar surface area (TPSA) is 99.9 Å². The number of carbonyl (C=O) groups excluding carboxylic acids is 2. The van der Waals surface area contributed by atoms with E-state index in [1.165, 1.54) is 0 Å². The van der Waals surface area contributed by atoms with Gasteiger partial charge < -0.3 is 14.2 Å². The number of aryl methyl sites for hydroxylation is 1. The molecule has 8 nitrogen and oxygen atoms in total. The second-order valence-corrected chi connectivity index (χ2v) is 13.6. The Hall–Kier alpha value is -2.95. The predicted octanol–water partition coefficient (Wildman–Crippen LogP) is 5.03. The van der Waals surface area contributed by atoms with Crippen molar-refractivity contribution in [2.45, 2.75) is 50.0 Å². The fraction of sp³-hybridized carbons (Fsp3) is 0.419. The second kappa shape index (κ2) is 12.9.